The van der Waals surface area contributed by atoms with Crippen LogP contribution in [0.2, 0.25) is 0 Å². The van der Waals surface area contributed by atoms with Gasteiger partial charge < -0.3 is 9.47 Å². The highest BCUT2D eigenvalue weighted by Gasteiger charge is 2.21. The Balaban J connectivity index is 3.08. The van der Waals surface area contributed by atoms with Crippen LogP contribution in [0.5, 0.6) is 0 Å². The van der Waals surface area contributed by atoms with Crippen molar-refractivity contribution >= 4 is 17.9 Å². The molecule has 0 atom stereocenters. The van der Waals surface area contributed by atoms with Gasteiger partial charge in [0.15, 0.2) is 0 Å². The van der Waals surface area contributed by atoms with Crippen molar-refractivity contribution in [3.63, 3.8) is 0 Å². The number of carbonyl (C=O) groups is 3. The zero-order valence-corrected chi connectivity index (χ0v) is 14.0. The summed E-state index contributed by atoms with van der Waals surface area (Å²) in [5.74, 6) is -1.99. The molecule has 0 radical (unpaired) electrons. The minimum absolute atomic E-state index is 0.0847. The molecule has 0 bridgehead atoms. The minimum atomic E-state index is -0.801. The Hall–Kier alpha value is -2.17. The van der Waals surface area contributed by atoms with Gasteiger partial charge in [0, 0.05) is 6.42 Å². The SMILES string of the molecule is CCCCc1ccc(C(=O)OCC)c(C(=O)OC(=O)CCC)c1. The van der Waals surface area contributed by atoms with Gasteiger partial charge >= 0.3 is 17.9 Å². The lowest BCUT2D eigenvalue weighted by Crippen LogP contribution is -2.17. The van der Waals surface area contributed by atoms with Crippen molar-refractivity contribution in [1.82, 2.24) is 0 Å². The van der Waals surface area contributed by atoms with Crippen molar-refractivity contribution in [1.29, 1.82) is 0 Å². The number of rotatable bonds is 8. The Labute approximate surface area is 137 Å². The van der Waals surface area contributed by atoms with Crippen LogP contribution in [-0.2, 0) is 20.7 Å². The molecule has 1 aromatic carbocycles. The van der Waals surface area contributed by atoms with Gasteiger partial charge in [0.2, 0.25) is 0 Å². The van der Waals surface area contributed by atoms with Crippen LogP contribution in [0, 0.1) is 0 Å². The summed E-state index contributed by atoms with van der Waals surface area (Å²) in [6, 6.07) is 4.97. The standard InChI is InChI=1S/C18H24O5/c1-4-7-9-13-10-11-14(17(20)22-6-3)15(12-13)18(21)23-16(19)8-5-2/h10-12H,4-9H2,1-3H3. The van der Waals surface area contributed by atoms with Crippen LogP contribution in [0.3, 0.4) is 0 Å². The van der Waals surface area contributed by atoms with Gasteiger partial charge in [-0.15, -0.1) is 0 Å². The van der Waals surface area contributed by atoms with Crippen molar-refractivity contribution in [2.45, 2.75) is 52.9 Å². The second kappa shape index (κ2) is 9.77. The number of hydrogen-bond donors (Lipinski definition) is 0. The molecule has 23 heavy (non-hydrogen) atoms. The third-order valence-electron chi connectivity index (χ3n) is 3.28. The molecule has 126 valence electrons. The molecule has 0 amide bonds. The van der Waals surface area contributed by atoms with E-state index in [9.17, 15) is 14.4 Å². The number of esters is 3. The van der Waals surface area contributed by atoms with Gasteiger partial charge in [0.05, 0.1) is 17.7 Å². The van der Waals surface area contributed by atoms with E-state index in [1.54, 1.807) is 25.1 Å². The monoisotopic (exact) mass is 320 g/mol. The Bertz CT molecular complexity index is 563. The molecule has 0 saturated carbocycles. The topological polar surface area (TPSA) is 69.7 Å². The summed E-state index contributed by atoms with van der Waals surface area (Å²) < 4.78 is 9.78. The third-order valence-corrected chi connectivity index (χ3v) is 3.28. The van der Waals surface area contributed by atoms with Crippen molar-refractivity contribution in [3.05, 3.63) is 34.9 Å². The van der Waals surface area contributed by atoms with E-state index in [1.165, 1.54) is 0 Å². The number of benzene rings is 1. The maximum Gasteiger partial charge on any atom is 0.346 e. The maximum atomic E-state index is 12.2. The normalized spacial score (nSPS) is 10.2. The molecule has 0 fully saturated rings. The van der Waals surface area contributed by atoms with E-state index in [2.05, 4.69) is 6.92 Å². The molecule has 0 N–H and O–H groups in total. The number of carbonyl (C=O) groups excluding carboxylic acids is 3. The van der Waals surface area contributed by atoms with Gasteiger partial charge in [0.25, 0.3) is 0 Å². The summed E-state index contributed by atoms with van der Waals surface area (Å²) in [6.07, 6.45) is 3.54. The fourth-order valence-electron chi connectivity index (χ4n) is 2.10. The van der Waals surface area contributed by atoms with E-state index in [0.29, 0.717) is 6.42 Å². The molecule has 0 spiro atoms. The average Bonchev–Trinajstić information content (AvgIpc) is 2.53. The molecule has 0 saturated heterocycles. The second-order valence-corrected chi connectivity index (χ2v) is 5.22. The molecule has 5 nitrogen and oxygen atoms in total. The molecule has 0 aliphatic rings. The lowest BCUT2D eigenvalue weighted by atomic mass is 10.0. The largest absolute Gasteiger partial charge is 0.462 e. The molecule has 1 rings (SSSR count). The first-order valence-corrected chi connectivity index (χ1v) is 8.08. The summed E-state index contributed by atoms with van der Waals surface area (Å²) in [7, 11) is 0. The van der Waals surface area contributed by atoms with Crippen LogP contribution in [0.25, 0.3) is 0 Å². The molecule has 1 aromatic rings. The quantitative estimate of drug-likeness (QED) is 0.539. The van der Waals surface area contributed by atoms with Gasteiger partial charge in [-0.25, -0.2) is 9.59 Å². The van der Waals surface area contributed by atoms with Crippen molar-refractivity contribution in [3.8, 4) is 0 Å². The predicted octanol–water partition coefficient (Wildman–Crippen LogP) is 3.69. The Morgan fingerprint density at radius 2 is 1.70 bits per heavy atom. The highest BCUT2D eigenvalue weighted by molar-refractivity contribution is 6.06. The first-order chi connectivity index (χ1) is 11.0. The van der Waals surface area contributed by atoms with Gasteiger partial charge in [-0.1, -0.05) is 26.3 Å². The second-order valence-electron chi connectivity index (χ2n) is 5.22. The van der Waals surface area contributed by atoms with Crippen molar-refractivity contribution < 1.29 is 23.9 Å². The van der Waals surface area contributed by atoms with Gasteiger partial charge in [-0.3, -0.25) is 4.79 Å². The van der Waals surface area contributed by atoms with Gasteiger partial charge in [0.1, 0.15) is 0 Å². The molecule has 0 aliphatic carbocycles. The minimum Gasteiger partial charge on any atom is -0.462 e. The van der Waals surface area contributed by atoms with Gasteiger partial charge in [-0.05, 0) is 43.9 Å². The number of aryl methyl sites for hydroxylation is 1. The van der Waals surface area contributed by atoms with Crippen LogP contribution >= 0.6 is 0 Å². The number of unbranched alkanes of at least 4 members (excludes halogenated alkanes) is 1. The molecule has 0 heterocycles. The third kappa shape index (κ3) is 5.85. The van der Waals surface area contributed by atoms with Crippen molar-refractivity contribution in [2.75, 3.05) is 6.61 Å². The highest BCUT2D eigenvalue weighted by atomic mass is 16.6. The molecule has 0 aliphatic heterocycles. The first kappa shape index (κ1) is 18.9. The Kier molecular flexibility index (Phi) is 8.02. The van der Waals surface area contributed by atoms with Crippen LogP contribution in [0.4, 0.5) is 0 Å². The van der Waals surface area contributed by atoms with Crippen molar-refractivity contribution in [2.24, 2.45) is 0 Å². The molecule has 0 aromatic heterocycles. The summed E-state index contributed by atoms with van der Waals surface area (Å²) in [4.78, 5) is 35.8. The van der Waals surface area contributed by atoms with E-state index in [4.69, 9.17) is 9.47 Å². The summed E-state index contributed by atoms with van der Waals surface area (Å²) in [6.45, 7) is 5.79. The van der Waals surface area contributed by atoms with E-state index in [-0.39, 0.29) is 24.2 Å². The van der Waals surface area contributed by atoms with E-state index < -0.39 is 17.9 Å². The Morgan fingerprint density at radius 3 is 2.30 bits per heavy atom. The molecule has 0 unspecified atom stereocenters. The van der Waals surface area contributed by atoms with Crippen LogP contribution < -0.4 is 0 Å². The summed E-state index contributed by atoms with van der Waals surface area (Å²) in [5, 5.41) is 0. The fraction of sp³-hybridized carbons (Fsp3) is 0.500. The molecule has 5 heteroatoms. The van der Waals surface area contributed by atoms with Crippen LogP contribution in [0.15, 0.2) is 18.2 Å². The highest BCUT2D eigenvalue weighted by Crippen LogP contribution is 2.17. The van der Waals surface area contributed by atoms with E-state index >= 15 is 0 Å². The lowest BCUT2D eigenvalue weighted by molar-refractivity contribution is -0.138. The summed E-state index contributed by atoms with van der Waals surface area (Å²) >= 11 is 0. The average molecular weight is 320 g/mol. The first-order valence-electron chi connectivity index (χ1n) is 8.08. The van der Waals surface area contributed by atoms with Crippen LogP contribution in [0.1, 0.15) is 72.7 Å². The fourth-order valence-corrected chi connectivity index (χ4v) is 2.10. The molecular weight excluding hydrogens is 296 g/mol. The lowest BCUT2D eigenvalue weighted by Gasteiger charge is -2.10. The molecular formula is C18H24O5. The van der Waals surface area contributed by atoms with Gasteiger partial charge in [-0.2, -0.15) is 0 Å². The smallest absolute Gasteiger partial charge is 0.346 e. The predicted molar refractivity (Wildman–Crippen MR) is 86.3 cm³/mol. The van der Waals surface area contributed by atoms with Crippen LogP contribution in [-0.4, -0.2) is 24.5 Å². The Morgan fingerprint density at radius 1 is 0.957 bits per heavy atom. The number of ether oxygens (including phenoxy) is 2. The zero-order chi connectivity index (χ0) is 17.2. The van der Waals surface area contributed by atoms with E-state index in [0.717, 1.165) is 24.8 Å². The summed E-state index contributed by atoms with van der Waals surface area (Å²) in [5.41, 5.74) is 1.14. The number of hydrogen-bond acceptors (Lipinski definition) is 5. The van der Waals surface area contributed by atoms with E-state index in [1.807, 2.05) is 6.92 Å². The maximum absolute atomic E-state index is 12.2. The zero-order valence-electron chi connectivity index (χ0n) is 14.0.